The summed E-state index contributed by atoms with van der Waals surface area (Å²) in [7, 11) is 0. The molecule has 0 aliphatic heterocycles. The van der Waals surface area contributed by atoms with Crippen LogP contribution in [0.5, 0.6) is 0 Å². The van der Waals surface area contributed by atoms with Gasteiger partial charge in [-0.2, -0.15) is 5.48 Å². The van der Waals surface area contributed by atoms with Gasteiger partial charge in [0, 0.05) is 0 Å². The highest BCUT2D eigenvalue weighted by molar-refractivity contribution is 4.94. The molecule has 0 aromatic heterocycles. The van der Waals surface area contributed by atoms with Crippen molar-refractivity contribution in [1.82, 2.24) is 11.0 Å². The van der Waals surface area contributed by atoms with E-state index in [1.165, 1.54) is 0 Å². The van der Waals surface area contributed by atoms with Crippen LogP contribution in [0.4, 0.5) is 0 Å². The summed E-state index contributed by atoms with van der Waals surface area (Å²) in [6.45, 7) is 1.90. The third-order valence-electron chi connectivity index (χ3n) is 2.62. The minimum absolute atomic E-state index is 0.0405. The van der Waals surface area contributed by atoms with Crippen molar-refractivity contribution in [3.63, 3.8) is 0 Å². The third-order valence-corrected chi connectivity index (χ3v) is 2.62. The van der Waals surface area contributed by atoms with Crippen molar-refractivity contribution in [2.75, 3.05) is 0 Å². The summed E-state index contributed by atoms with van der Waals surface area (Å²) in [6.07, 6.45) is 4.00. The van der Waals surface area contributed by atoms with E-state index in [0.717, 1.165) is 25.7 Å². The largest absolute Gasteiger partial charge is 0.316 e. The van der Waals surface area contributed by atoms with Crippen LogP contribution >= 0.6 is 0 Å². The Morgan fingerprint density at radius 3 is 2.55 bits per heavy atom. The minimum atomic E-state index is -0.368. The highest BCUT2D eigenvalue weighted by Crippen LogP contribution is 2.27. The van der Waals surface area contributed by atoms with Gasteiger partial charge in [-0.05, 0) is 19.8 Å². The van der Waals surface area contributed by atoms with E-state index in [0.29, 0.717) is 0 Å². The van der Waals surface area contributed by atoms with Crippen molar-refractivity contribution >= 4 is 0 Å². The first-order chi connectivity index (χ1) is 5.23. The van der Waals surface area contributed by atoms with Gasteiger partial charge >= 0.3 is 0 Å². The summed E-state index contributed by atoms with van der Waals surface area (Å²) >= 11 is 0. The molecule has 0 bridgehead atoms. The maximum Gasteiger partial charge on any atom is 0.0577 e. The molecule has 4 N–H and O–H groups in total. The van der Waals surface area contributed by atoms with E-state index >= 15 is 0 Å². The van der Waals surface area contributed by atoms with E-state index in [9.17, 15) is 0 Å². The molecule has 0 aromatic carbocycles. The first-order valence-electron chi connectivity index (χ1n) is 4.04. The normalized spacial score (nSPS) is 39.0. The second-order valence-electron chi connectivity index (χ2n) is 3.46. The van der Waals surface area contributed by atoms with Crippen LogP contribution in [0.1, 0.15) is 32.6 Å². The van der Waals surface area contributed by atoms with Crippen LogP contribution in [0.25, 0.3) is 0 Å². The summed E-state index contributed by atoms with van der Waals surface area (Å²) < 4.78 is 0. The van der Waals surface area contributed by atoms with Crippen molar-refractivity contribution in [3.8, 4) is 0 Å². The molecule has 1 aliphatic carbocycles. The quantitative estimate of drug-likeness (QED) is 0.448. The Hall–Kier alpha value is -0.160. The van der Waals surface area contributed by atoms with Gasteiger partial charge in [0.25, 0.3) is 0 Å². The van der Waals surface area contributed by atoms with Crippen molar-refractivity contribution in [2.45, 2.75) is 44.2 Å². The molecule has 0 amide bonds. The highest BCUT2D eigenvalue weighted by Gasteiger charge is 2.35. The van der Waals surface area contributed by atoms with E-state index in [2.05, 4.69) is 11.0 Å². The Morgan fingerprint density at radius 2 is 2.09 bits per heavy atom. The molecule has 1 rings (SSSR count). The summed E-state index contributed by atoms with van der Waals surface area (Å²) in [6, 6.07) is -0.0405. The molecule has 11 heavy (non-hydrogen) atoms. The van der Waals surface area contributed by atoms with Crippen molar-refractivity contribution in [2.24, 2.45) is 0 Å². The fourth-order valence-corrected chi connectivity index (χ4v) is 1.67. The van der Waals surface area contributed by atoms with Gasteiger partial charge in [-0.15, -0.1) is 0 Å². The summed E-state index contributed by atoms with van der Waals surface area (Å²) in [4.78, 5) is 0. The Balaban J connectivity index is 2.57. The third kappa shape index (κ3) is 1.70. The Morgan fingerprint density at radius 1 is 1.36 bits per heavy atom. The second-order valence-corrected chi connectivity index (χ2v) is 3.46. The number of hydrogen-bond donors (Lipinski definition) is 4. The molecule has 0 radical (unpaired) electrons. The fourth-order valence-electron chi connectivity index (χ4n) is 1.67. The van der Waals surface area contributed by atoms with Gasteiger partial charge in [0.15, 0.2) is 0 Å². The van der Waals surface area contributed by atoms with E-state index < -0.39 is 0 Å². The Bertz CT molecular complexity index is 132. The van der Waals surface area contributed by atoms with Crippen LogP contribution in [0.15, 0.2) is 0 Å². The molecular formula is C7H16N2O2. The Kier molecular flexibility index (Phi) is 2.84. The molecule has 0 saturated heterocycles. The first kappa shape index (κ1) is 8.93. The van der Waals surface area contributed by atoms with E-state index in [1.54, 1.807) is 0 Å². The lowest BCUT2D eigenvalue weighted by Gasteiger charge is -2.39. The van der Waals surface area contributed by atoms with E-state index in [1.807, 2.05) is 6.92 Å². The minimum Gasteiger partial charge on any atom is -0.316 e. The molecular weight excluding hydrogens is 144 g/mol. The molecule has 0 heterocycles. The zero-order valence-electron chi connectivity index (χ0n) is 6.80. The molecule has 0 aromatic rings. The lowest BCUT2D eigenvalue weighted by Crippen LogP contribution is -2.57. The van der Waals surface area contributed by atoms with Gasteiger partial charge in [0.1, 0.15) is 0 Å². The maximum absolute atomic E-state index is 8.85. The van der Waals surface area contributed by atoms with Crippen LogP contribution in [-0.4, -0.2) is 22.0 Å². The molecule has 1 saturated carbocycles. The predicted octanol–water partition coefficient (Wildman–Crippen LogP) is 0.645. The number of nitrogens with one attached hydrogen (secondary N) is 2. The van der Waals surface area contributed by atoms with E-state index in [4.69, 9.17) is 10.4 Å². The maximum atomic E-state index is 8.85. The SMILES string of the molecule is CC1(NO)CCCCC1NO. The number of hydrogen-bond acceptors (Lipinski definition) is 4. The summed E-state index contributed by atoms with van der Waals surface area (Å²) in [5.41, 5.74) is 4.11. The van der Waals surface area contributed by atoms with Crippen LogP contribution < -0.4 is 11.0 Å². The fraction of sp³-hybridized carbons (Fsp3) is 1.00. The standard InChI is InChI=1S/C7H16N2O2/c1-7(9-11)5-3-2-4-6(7)8-10/h6,8-11H,2-5H2,1H3. The second kappa shape index (κ2) is 3.49. The molecule has 66 valence electrons. The van der Waals surface area contributed by atoms with Gasteiger partial charge in [-0.1, -0.05) is 12.8 Å². The first-order valence-corrected chi connectivity index (χ1v) is 4.04. The predicted molar refractivity (Wildman–Crippen MR) is 40.5 cm³/mol. The van der Waals surface area contributed by atoms with Gasteiger partial charge in [-0.3, -0.25) is 0 Å². The molecule has 4 nitrogen and oxygen atoms in total. The molecule has 1 fully saturated rings. The van der Waals surface area contributed by atoms with Crippen molar-refractivity contribution in [3.05, 3.63) is 0 Å². The van der Waals surface area contributed by atoms with Crippen molar-refractivity contribution < 1.29 is 10.4 Å². The lowest BCUT2D eigenvalue weighted by atomic mass is 9.80. The topological polar surface area (TPSA) is 64.5 Å². The monoisotopic (exact) mass is 160 g/mol. The average molecular weight is 160 g/mol. The lowest BCUT2D eigenvalue weighted by molar-refractivity contribution is -0.0175. The van der Waals surface area contributed by atoms with Gasteiger partial charge < -0.3 is 10.4 Å². The average Bonchev–Trinajstić information content (AvgIpc) is 2.05. The molecule has 0 spiro atoms. The van der Waals surface area contributed by atoms with Gasteiger partial charge in [-0.25, -0.2) is 5.48 Å². The zero-order valence-corrected chi connectivity index (χ0v) is 6.80. The van der Waals surface area contributed by atoms with Crippen LogP contribution in [0, 0.1) is 0 Å². The van der Waals surface area contributed by atoms with Crippen LogP contribution in [0.2, 0.25) is 0 Å². The van der Waals surface area contributed by atoms with Gasteiger partial charge in [0.2, 0.25) is 0 Å². The summed E-state index contributed by atoms with van der Waals surface area (Å²) in [5, 5.41) is 17.6. The highest BCUT2D eigenvalue weighted by atomic mass is 16.5. The van der Waals surface area contributed by atoms with Crippen LogP contribution in [-0.2, 0) is 0 Å². The number of hydroxylamine groups is 2. The number of rotatable bonds is 2. The zero-order chi connectivity index (χ0) is 8.32. The summed E-state index contributed by atoms with van der Waals surface area (Å²) in [5.74, 6) is 0. The molecule has 1 aliphatic rings. The molecule has 2 atom stereocenters. The van der Waals surface area contributed by atoms with Crippen LogP contribution in [0.3, 0.4) is 0 Å². The smallest absolute Gasteiger partial charge is 0.0577 e. The molecule has 4 heteroatoms. The van der Waals surface area contributed by atoms with Crippen molar-refractivity contribution in [1.29, 1.82) is 0 Å². The van der Waals surface area contributed by atoms with Gasteiger partial charge in [0.05, 0.1) is 11.6 Å². The Labute approximate surface area is 66.5 Å². The van der Waals surface area contributed by atoms with E-state index in [-0.39, 0.29) is 11.6 Å². The molecule has 2 unspecified atom stereocenters.